The van der Waals surface area contributed by atoms with Crippen LogP contribution in [0.2, 0.25) is 0 Å². The third-order valence-corrected chi connectivity index (χ3v) is 3.09. The van der Waals surface area contributed by atoms with E-state index < -0.39 is 0 Å². The first-order valence-electron chi connectivity index (χ1n) is 6.56. The molecule has 0 saturated heterocycles. The summed E-state index contributed by atoms with van der Waals surface area (Å²) >= 11 is 0. The number of anilines is 1. The summed E-state index contributed by atoms with van der Waals surface area (Å²) in [4.78, 5) is 19.0. The van der Waals surface area contributed by atoms with Crippen molar-refractivity contribution in [2.75, 3.05) is 5.32 Å². The van der Waals surface area contributed by atoms with Crippen LogP contribution < -0.4 is 5.32 Å². The van der Waals surface area contributed by atoms with Gasteiger partial charge in [-0.3, -0.25) is 4.79 Å². The Kier molecular flexibility index (Phi) is 4.34. The highest BCUT2D eigenvalue weighted by atomic mass is 16.1. The predicted octanol–water partition coefficient (Wildman–Crippen LogP) is 3.31. The molecule has 2 N–H and O–H groups in total. The molecule has 100 valence electrons. The lowest BCUT2D eigenvalue weighted by Crippen LogP contribution is -2.02. The van der Waals surface area contributed by atoms with Crippen molar-refractivity contribution in [3.63, 3.8) is 0 Å². The molecule has 0 radical (unpaired) electrons. The maximum atomic E-state index is 11.7. The number of H-pyrrole nitrogens is 1. The topological polar surface area (TPSA) is 57.8 Å². The Morgan fingerprint density at radius 1 is 1.32 bits per heavy atom. The van der Waals surface area contributed by atoms with Crippen molar-refractivity contribution in [1.29, 1.82) is 0 Å². The Balaban J connectivity index is 1.95. The first kappa shape index (κ1) is 13.3. The largest absolute Gasteiger partial charge is 0.379 e. The van der Waals surface area contributed by atoms with Crippen LogP contribution in [-0.2, 0) is 6.54 Å². The number of aromatic amines is 1. The van der Waals surface area contributed by atoms with Gasteiger partial charge in [0, 0.05) is 17.7 Å². The average Bonchev–Trinajstić information content (AvgIpc) is 2.83. The smallest absolute Gasteiger partial charge is 0.162 e. The van der Waals surface area contributed by atoms with Gasteiger partial charge in [-0.25, -0.2) is 4.98 Å². The van der Waals surface area contributed by atoms with Gasteiger partial charge < -0.3 is 10.3 Å². The van der Waals surface area contributed by atoms with E-state index in [0.29, 0.717) is 13.0 Å². The summed E-state index contributed by atoms with van der Waals surface area (Å²) in [5.41, 5.74) is 3.86. The van der Waals surface area contributed by atoms with Gasteiger partial charge in [0.2, 0.25) is 0 Å². The van der Waals surface area contributed by atoms with Crippen molar-refractivity contribution >= 4 is 11.5 Å². The van der Waals surface area contributed by atoms with Gasteiger partial charge in [0.15, 0.2) is 5.78 Å². The summed E-state index contributed by atoms with van der Waals surface area (Å²) in [5, 5.41) is 3.30. The zero-order valence-corrected chi connectivity index (χ0v) is 11.4. The fourth-order valence-electron chi connectivity index (χ4n) is 1.90. The highest BCUT2D eigenvalue weighted by molar-refractivity contribution is 5.96. The number of ketones is 1. The monoisotopic (exact) mass is 257 g/mol. The summed E-state index contributed by atoms with van der Waals surface area (Å²) in [6.07, 6.45) is 3.19. The van der Waals surface area contributed by atoms with Crippen LogP contribution in [0.1, 0.15) is 41.5 Å². The fraction of sp³-hybridized carbons (Fsp3) is 0.333. The van der Waals surface area contributed by atoms with Gasteiger partial charge in [0.1, 0.15) is 0 Å². The first-order chi connectivity index (χ1) is 9.20. The summed E-state index contributed by atoms with van der Waals surface area (Å²) < 4.78 is 0. The number of benzene rings is 1. The molecule has 1 aromatic carbocycles. The van der Waals surface area contributed by atoms with Crippen molar-refractivity contribution in [2.24, 2.45) is 0 Å². The predicted molar refractivity (Wildman–Crippen MR) is 76.3 cm³/mol. The van der Waals surface area contributed by atoms with E-state index in [1.165, 1.54) is 0 Å². The molecule has 0 aliphatic carbocycles. The van der Waals surface area contributed by atoms with E-state index in [2.05, 4.69) is 15.3 Å². The molecular weight excluding hydrogens is 238 g/mol. The second kappa shape index (κ2) is 6.18. The third kappa shape index (κ3) is 3.44. The number of nitrogens with zero attached hydrogens (tertiary/aromatic N) is 1. The Bertz CT molecular complexity index is 543. The molecule has 2 aromatic rings. The molecule has 0 aliphatic rings. The van der Waals surface area contributed by atoms with Gasteiger partial charge >= 0.3 is 0 Å². The van der Waals surface area contributed by atoms with E-state index in [0.717, 1.165) is 29.1 Å². The molecule has 19 heavy (non-hydrogen) atoms. The second-order valence-corrected chi connectivity index (χ2v) is 4.57. The number of hydrogen-bond acceptors (Lipinski definition) is 3. The molecule has 0 spiro atoms. The standard InChI is InChI=1S/C15H19N3O/c1-3-4-15(19)12-5-7-13(8-6-12)16-9-14-11(2)17-10-18-14/h5-8,10,16H,3-4,9H2,1-2H3,(H,17,18). The van der Waals surface area contributed by atoms with Crippen molar-refractivity contribution in [3.8, 4) is 0 Å². The zero-order chi connectivity index (χ0) is 13.7. The average molecular weight is 257 g/mol. The van der Waals surface area contributed by atoms with E-state index in [1.807, 2.05) is 38.1 Å². The minimum Gasteiger partial charge on any atom is -0.379 e. The highest BCUT2D eigenvalue weighted by Gasteiger charge is 2.04. The van der Waals surface area contributed by atoms with E-state index in [-0.39, 0.29) is 5.78 Å². The number of rotatable bonds is 6. The van der Waals surface area contributed by atoms with Gasteiger partial charge in [0.25, 0.3) is 0 Å². The van der Waals surface area contributed by atoms with Crippen molar-refractivity contribution in [3.05, 3.63) is 47.5 Å². The number of aromatic nitrogens is 2. The van der Waals surface area contributed by atoms with Crippen LogP contribution in [0.15, 0.2) is 30.6 Å². The van der Waals surface area contributed by atoms with Crippen molar-refractivity contribution < 1.29 is 4.79 Å². The second-order valence-electron chi connectivity index (χ2n) is 4.57. The van der Waals surface area contributed by atoms with Crippen molar-refractivity contribution in [1.82, 2.24) is 9.97 Å². The van der Waals surface area contributed by atoms with Gasteiger partial charge in [-0.05, 0) is 37.6 Å². The molecule has 0 unspecified atom stereocenters. The quantitative estimate of drug-likeness (QED) is 0.780. The lowest BCUT2D eigenvalue weighted by Gasteiger charge is -2.06. The van der Waals surface area contributed by atoms with Crippen LogP contribution in [0.4, 0.5) is 5.69 Å². The van der Waals surface area contributed by atoms with Gasteiger partial charge in [-0.1, -0.05) is 6.92 Å². The minimum atomic E-state index is 0.207. The Morgan fingerprint density at radius 2 is 2.05 bits per heavy atom. The highest BCUT2D eigenvalue weighted by Crippen LogP contribution is 2.13. The lowest BCUT2D eigenvalue weighted by atomic mass is 10.1. The van der Waals surface area contributed by atoms with E-state index in [1.54, 1.807) is 6.33 Å². The number of carbonyl (C=O) groups excluding carboxylic acids is 1. The molecule has 2 rings (SSSR count). The maximum absolute atomic E-state index is 11.7. The SMILES string of the molecule is CCCC(=O)c1ccc(NCc2[nH]cnc2C)cc1. The normalized spacial score (nSPS) is 10.4. The summed E-state index contributed by atoms with van der Waals surface area (Å²) in [6.45, 7) is 4.69. The molecule has 4 nitrogen and oxygen atoms in total. The van der Waals surface area contributed by atoms with E-state index >= 15 is 0 Å². The molecule has 0 atom stereocenters. The third-order valence-electron chi connectivity index (χ3n) is 3.09. The molecule has 1 heterocycles. The fourth-order valence-corrected chi connectivity index (χ4v) is 1.90. The molecule has 4 heteroatoms. The molecule has 0 amide bonds. The van der Waals surface area contributed by atoms with Crippen LogP contribution in [-0.4, -0.2) is 15.8 Å². The number of nitrogens with one attached hydrogen (secondary N) is 2. The van der Waals surface area contributed by atoms with Crippen LogP contribution >= 0.6 is 0 Å². The first-order valence-corrected chi connectivity index (χ1v) is 6.56. The van der Waals surface area contributed by atoms with Crippen LogP contribution in [0.5, 0.6) is 0 Å². The zero-order valence-electron chi connectivity index (χ0n) is 11.4. The Hall–Kier alpha value is -2.10. The molecule has 0 fully saturated rings. The Labute approximate surface area is 113 Å². The minimum absolute atomic E-state index is 0.207. The van der Waals surface area contributed by atoms with Gasteiger partial charge in [-0.15, -0.1) is 0 Å². The molecule has 0 aliphatic heterocycles. The van der Waals surface area contributed by atoms with Crippen LogP contribution in [0.3, 0.4) is 0 Å². The molecular formula is C15H19N3O. The van der Waals surface area contributed by atoms with E-state index in [9.17, 15) is 4.79 Å². The number of Topliss-reactive ketones (excluding diaryl/α,β-unsaturated/α-hetero) is 1. The van der Waals surface area contributed by atoms with Gasteiger partial charge in [0.05, 0.1) is 24.3 Å². The molecule has 1 aromatic heterocycles. The molecule has 0 bridgehead atoms. The van der Waals surface area contributed by atoms with E-state index in [4.69, 9.17) is 0 Å². The number of imidazole rings is 1. The van der Waals surface area contributed by atoms with Crippen molar-refractivity contribution in [2.45, 2.75) is 33.2 Å². The number of carbonyl (C=O) groups is 1. The maximum Gasteiger partial charge on any atom is 0.162 e. The number of aryl methyl sites for hydroxylation is 1. The summed E-state index contributed by atoms with van der Waals surface area (Å²) in [5.74, 6) is 0.207. The van der Waals surface area contributed by atoms with Crippen LogP contribution in [0, 0.1) is 6.92 Å². The molecule has 0 saturated carbocycles. The number of hydrogen-bond donors (Lipinski definition) is 2. The van der Waals surface area contributed by atoms with Gasteiger partial charge in [-0.2, -0.15) is 0 Å². The summed E-state index contributed by atoms with van der Waals surface area (Å²) in [7, 11) is 0. The summed E-state index contributed by atoms with van der Waals surface area (Å²) in [6, 6.07) is 7.63. The van der Waals surface area contributed by atoms with Crippen LogP contribution in [0.25, 0.3) is 0 Å². The Morgan fingerprint density at radius 3 is 2.63 bits per heavy atom. The lowest BCUT2D eigenvalue weighted by molar-refractivity contribution is 0.0982.